The zero-order valence-electron chi connectivity index (χ0n) is 15.6. The van der Waals surface area contributed by atoms with Gasteiger partial charge in [0.2, 0.25) is 11.3 Å². The van der Waals surface area contributed by atoms with E-state index in [1.807, 2.05) is 30.5 Å². The van der Waals surface area contributed by atoms with Crippen molar-refractivity contribution < 1.29 is 13.5 Å². The molecule has 148 valence electrons. The maximum Gasteiger partial charge on any atom is 0.274 e. The lowest BCUT2D eigenvalue weighted by molar-refractivity contribution is 0.211. The van der Waals surface area contributed by atoms with E-state index in [-0.39, 0.29) is 18.2 Å². The molecule has 0 saturated heterocycles. The second kappa shape index (κ2) is 7.90. The third-order valence-electron chi connectivity index (χ3n) is 5.22. The Morgan fingerprint density at radius 1 is 1.29 bits per heavy atom. The maximum atomic E-state index is 12.4. The van der Waals surface area contributed by atoms with Gasteiger partial charge in [0.1, 0.15) is 11.3 Å². The van der Waals surface area contributed by atoms with Crippen molar-refractivity contribution in [3.63, 3.8) is 0 Å². The third-order valence-corrected chi connectivity index (χ3v) is 5.62. The molecule has 0 spiro atoms. The van der Waals surface area contributed by atoms with Crippen LogP contribution in [0.2, 0.25) is 0 Å². The molecule has 4 rings (SSSR count). The van der Waals surface area contributed by atoms with Crippen LogP contribution in [0.25, 0.3) is 22.0 Å². The van der Waals surface area contributed by atoms with Crippen molar-refractivity contribution in [1.82, 2.24) is 14.3 Å². The molecule has 1 aliphatic rings. The Hall–Kier alpha value is -2.42. The fourth-order valence-electron chi connectivity index (χ4n) is 3.81. The number of aromatic nitrogens is 2. The molecule has 3 aromatic rings. The molecule has 2 heterocycles. The number of benzene rings is 1. The van der Waals surface area contributed by atoms with E-state index >= 15 is 0 Å². The number of fused-ring (bicyclic) bond motifs is 1. The number of nitrogens with one attached hydrogen (secondary N) is 2. The highest BCUT2D eigenvalue weighted by atomic mass is 32.2. The van der Waals surface area contributed by atoms with E-state index in [9.17, 15) is 9.00 Å². The number of ether oxygens (including phenoxy) is 1. The van der Waals surface area contributed by atoms with Crippen molar-refractivity contribution in [2.45, 2.75) is 38.3 Å². The maximum absolute atomic E-state index is 12.4. The van der Waals surface area contributed by atoms with Gasteiger partial charge in [-0.1, -0.05) is 6.07 Å². The number of hydrogen-bond donors (Lipinski definition) is 3. The molecule has 0 bridgehead atoms. The van der Waals surface area contributed by atoms with Gasteiger partial charge in [0.25, 0.3) is 5.56 Å². The molecule has 1 aliphatic carbocycles. The Bertz CT molecular complexity index is 1080. The number of aromatic amines is 1. The van der Waals surface area contributed by atoms with Crippen LogP contribution in [0.4, 0.5) is 0 Å². The standard InChI is InChI=1S/C20H23N3O4S/c1-23-12-17(15-8-9-21-19(15)20(23)24)16-10-13(11-22-28(25)26)6-7-18(16)27-14-4-2-3-5-14/h6-10,12,14,21-22H,2-5,11H2,1H3,(H,25,26). The van der Waals surface area contributed by atoms with Crippen LogP contribution in [0.3, 0.4) is 0 Å². The minimum atomic E-state index is -2.08. The van der Waals surface area contributed by atoms with Gasteiger partial charge >= 0.3 is 0 Å². The molecule has 0 radical (unpaired) electrons. The van der Waals surface area contributed by atoms with Crippen LogP contribution in [0.5, 0.6) is 5.75 Å². The average molecular weight is 401 g/mol. The topological polar surface area (TPSA) is 96.3 Å². The molecule has 1 saturated carbocycles. The third kappa shape index (κ3) is 3.76. The summed E-state index contributed by atoms with van der Waals surface area (Å²) in [6.45, 7) is 0.252. The number of rotatable bonds is 6. The number of H-pyrrole nitrogens is 1. The molecule has 1 fully saturated rings. The van der Waals surface area contributed by atoms with Crippen LogP contribution in [0, 0.1) is 0 Å². The monoisotopic (exact) mass is 401 g/mol. The SMILES string of the molecule is Cn1cc(-c2cc(CNS(=O)O)ccc2OC2CCCC2)c2cc[nH]c2c1=O. The second-order valence-corrected chi connectivity index (χ2v) is 7.94. The average Bonchev–Trinajstić information content (AvgIpc) is 3.36. The highest BCUT2D eigenvalue weighted by Gasteiger charge is 2.20. The molecule has 0 amide bonds. The first-order valence-corrected chi connectivity index (χ1v) is 10.4. The molecule has 8 heteroatoms. The Balaban J connectivity index is 1.83. The molecule has 1 unspecified atom stereocenters. The summed E-state index contributed by atoms with van der Waals surface area (Å²) < 4.78 is 30.4. The molecule has 28 heavy (non-hydrogen) atoms. The zero-order chi connectivity index (χ0) is 19.7. The zero-order valence-corrected chi connectivity index (χ0v) is 16.4. The highest BCUT2D eigenvalue weighted by molar-refractivity contribution is 7.77. The lowest BCUT2D eigenvalue weighted by Gasteiger charge is -2.18. The molecule has 2 aromatic heterocycles. The van der Waals surface area contributed by atoms with Gasteiger partial charge in [0.05, 0.1) is 6.10 Å². The van der Waals surface area contributed by atoms with Gasteiger partial charge in [-0.15, -0.1) is 0 Å². The smallest absolute Gasteiger partial charge is 0.274 e. The number of aryl methyl sites for hydroxylation is 1. The summed E-state index contributed by atoms with van der Waals surface area (Å²) in [5, 5.41) is 0.829. The van der Waals surface area contributed by atoms with Crippen LogP contribution in [0.1, 0.15) is 31.2 Å². The summed E-state index contributed by atoms with van der Waals surface area (Å²) in [5.74, 6) is 0.766. The first kappa shape index (κ1) is 18.9. The summed E-state index contributed by atoms with van der Waals surface area (Å²) in [6.07, 6.45) is 8.20. The molecular formula is C20H23N3O4S. The van der Waals surface area contributed by atoms with Gasteiger partial charge in [0, 0.05) is 42.5 Å². The lowest BCUT2D eigenvalue weighted by atomic mass is 10.00. The predicted molar refractivity (Wildman–Crippen MR) is 109 cm³/mol. The van der Waals surface area contributed by atoms with Crippen LogP contribution in [-0.2, 0) is 24.9 Å². The Kier molecular flexibility index (Phi) is 5.34. The van der Waals surface area contributed by atoms with E-state index in [4.69, 9.17) is 9.29 Å². The Morgan fingerprint density at radius 2 is 2.07 bits per heavy atom. The molecule has 1 atom stereocenters. The Labute approximate surface area is 165 Å². The van der Waals surface area contributed by atoms with Crippen molar-refractivity contribution >= 4 is 22.2 Å². The summed E-state index contributed by atoms with van der Waals surface area (Å²) in [7, 11) is 1.73. The summed E-state index contributed by atoms with van der Waals surface area (Å²) in [5.41, 5.74) is 3.07. The van der Waals surface area contributed by atoms with Crippen molar-refractivity contribution in [1.29, 1.82) is 0 Å². The summed E-state index contributed by atoms with van der Waals surface area (Å²) in [6, 6.07) is 7.65. The van der Waals surface area contributed by atoms with E-state index in [1.165, 1.54) is 12.8 Å². The largest absolute Gasteiger partial charge is 0.490 e. The van der Waals surface area contributed by atoms with Crippen molar-refractivity contribution in [3.8, 4) is 16.9 Å². The van der Waals surface area contributed by atoms with Gasteiger partial charge in [-0.25, -0.2) is 8.93 Å². The van der Waals surface area contributed by atoms with Crippen LogP contribution >= 0.6 is 0 Å². The van der Waals surface area contributed by atoms with Gasteiger partial charge in [-0.05, 0) is 49.4 Å². The first-order chi connectivity index (χ1) is 13.5. The van der Waals surface area contributed by atoms with E-state index in [0.717, 1.165) is 40.7 Å². The first-order valence-electron chi connectivity index (χ1n) is 9.34. The molecule has 7 nitrogen and oxygen atoms in total. The van der Waals surface area contributed by atoms with Crippen molar-refractivity contribution in [2.75, 3.05) is 0 Å². The lowest BCUT2D eigenvalue weighted by Crippen LogP contribution is -2.17. The highest BCUT2D eigenvalue weighted by Crippen LogP contribution is 2.37. The quantitative estimate of drug-likeness (QED) is 0.553. The minimum Gasteiger partial charge on any atom is -0.490 e. The Morgan fingerprint density at radius 3 is 2.82 bits per heavy atom. The second-order valence-electron chi connectivity index (χ2n) is 7.15. The fraction of sp³-hybridized carbons (Fsp3) is 0.350. The predicted octanol–water partition coefficient (Wildman–Crippen LogP) is 3.08. The molecule has 1 aromatic carbocycles. The number of nitrogens with zero attached hydrogens (tertiary/aromatic N) is 1. The fourth-order valence-corrected chi connectivity index (χ4v) is 4.10. The van der Waals surface area contributed by atoms with Crippen LogP contribution in [0.15, 0.2) is 41.5 Å². The molecular weight excluding hydrogens is 378 g/mol. The normalized spacial score (nSPS) is 15.9. The van der Waals surface area contributed by atoms with Crippen LogP contribution in [-0.4, -0.2) is 24.4 Å². The van der Waals surface area contributed by atoms with E-state index in [1.54, 1.807) is 17.8 Å². The summed E-state index contributed by atoms with van der Waals surface area (Å²) >= 11 is -2.08. The van der Waals surface area contributed by atoms with Gasteiger partial charge in [-0.2, -0.15) is 0 Å². The van der Waals surface area contributed by atoms with Gasteiger partial charge in [-0.3, -0.25) is 9.35 Å². The van der Waals surface area contributed by atoms with E-state index < -0.39 is 11.3 Å². The van der Waals surface area contributed by atoms with E-state index in [2.05, 4.69) is 9.71 Å². The molecule has 0 aliphatic heterocycles. The van der Waals surface area contributed by atoms with Crippen molar-refractivity contribution in [2.24, 2.45) is 7.05 Å². The van der Waals surface area contributed by atoms with Crippen LogP contribution < -0.4 is 15.0 Å². The number of hydrogen-bond acceptors (Lipinski definition) is 3. The summed E-state index contributed by atoms with van der Waals surface area (Å²) in [4.78, 5) is 15.4. The van der Waals surface area contributed by atoms with Gasteiger partial charge < -0.3 is 14.3 Å². The van der Waals surface area contributed by atoms with Crippen molar-refractivity contribution in [3.05, 3.63) is 52.6 Å². The molecule has 3 N–H and O–H groups in total. The van der Waals surface area contributed by atoms with E-state index in [0.29, 0.717) is 5.52 Å². The number of pyridine rings is 1. The van der Waals surface area contributed by atoms with Gasteiger partial charge in [0.15, 0.2) is 0 Å². The minimum absolute atomic E-state index is 0.0875.